The quantitative estimate of drug-likeness (QED) is 0.637. The predicted octanol–water partition coefficient (Wildman–Crippen LogP) is 1.13. The summed E-state index contributed by atoms with van der Waals surface area (Å²) in [5.41, 5.74) is 0. The Kier molecular flexibility index (Phi) is 3.87. The van der Waals surface area contributed by atoms with E-state index in [2.05, 4.69) is 24.5 Å². The molecule has 1 heterocycles. The second-order valence-electron chi connectivity index (χ2n) is 3.45. The third-order valence-corrected chi connectivity index (χ3v) is 2.42. The zero-order valence-corrected chi connectivity index (χ0v) is 7.69. The standard InChI is InChI=1S/C9H20N2/c1-3-6-10-8(2)9-5-4-7-11-9/h8-11H,3-7H2,1-2H3. The molecule has 0 radical (unpaired) electrons. The van der Waals surface area contributed by atoms with Crippen LogP contribution in [0, 0.1) is 0 Å². The summed E-state index contributed by atoms with van der Waals surface area (Å²) < 4.78 is 0. The minimum atomic E-state index is 0.650. The molecule has 0 bridgehead atoms. The van der Waals surface area contributed by atoms with E-state index in [4.69, 9.17) is 0 Å². The van der Waals surface area contributed by atoms with Crippen LogP contribution in [0.2, 0.25) is 0 Å². The van der Waals surface area contributed by atoms with Gasteiger partial charge in [-0.1, -0.05) is 6.92 Å². The van der Waals surface area contributed by atoms with E-state index >= 15 is 0 Å². The lowest BCUT2D eigenvalue weighted by molar-refractivity contribution is 0.427. The highest BCUT2D eigenvalue weighted by Gasteiger charge is 2.19. The summed E-state index contributed by atoms with van der Waals surface area (Å²) in [6, 6.07) is 1.37. The summed E-state index contributed by atoms with van der Waals surface area (Å²) in [5.74, 6) is 0. The summed E-state index contributed by atoms with van der Waals surface area (Å²) in [6.07, 6.45) is 3.93. The van der Waals surface area contributed by atoms with Crippen LogP contribution in [-0.4, -0.2) is 25.2 Å². The van der Waals surface area contributed by atoms with Crippen molar-refractivity contribution in [1.82, 2.24) is 10.6 Å². The van der Waals surface area contributed by atoms with Crippen molar-refractivity contribution >= 4 is 0 Å². The maximum atomic E-state index is 3.51. The fourth-order valence-corrected chi connectivity index (χ4v) is 1.65. The number of hydrogen-bond donors (Lipinski definition) is 2. The van der Waals surface area contributed by atoms with E-state index in [1.807, 2.05) is 0 Å². The fraction of sp³-hybridized carbons (Fsp3) is 1.00. The van der Waals surface area contributed by atoms with Crippen LogP contribution in [-0.2, 0) is 0 Å². The van der Waals surface area contributed by atoms with Crippen LogP contribution in [0.5, 0.6) is 0 Å². The first-order chi connectivity index (χ1) is 5.34. The van der Waals surface area contributed by atoms with Crippen LogP contribution in [0.15, 0.2) is 0 Å². The SMILES string of the molecule is CCCNC(C)C1CCCN1. The molecule has 0 spiro atoms. The van der Waals surface area contributed by atoms with Gasteiger partial charge in [0.2, 0.25) is 0 Å². The maximum Gasteiger partial charge on any atom is 0.0218 e. The molecule has 1 fully saturated rings. The Bertz CT molecular complexity index is 97.7. The van der Waals surface area contributed by atoms with Gasteiger partial charge in [-0.05, 0) is 39.3 Å². The van der Waals surface area contributed by atoms with Crippen molar-refractivity contribution in [2.24, 2.45) is 0 Å². The highest BCUT2D eigenvalue weighted by Crippen LogP contribution is 2.08. The van der Waals surface area contributed by atoms with E-state index in [9.17, 15) is 0 Å². The van der Waals surface area contributed by atoms with Crippen molar-refractivity contribution < 1.29 is 0 Å². The summed E-state index contributed by atoms with van der Waals surface area (Å²) in [5, 5.41) is 7.01. The zero-order valence-electron chi connectivity index (χ0n) is 7.69. The van der Waals surface area contributed by atoms with Gasteiger partial charge in [0.15, 0.2) is 0 Å². The molecule has 0 aliphatic carbocycles. The topological polar surface area (TPSA) is 24.1 Å². The minimum absolute atomic E-state index is 0.650. The van der Waals surface area contributed by atoms with Crippen molar-refractivity contribution in [1.29, 1.82) is 0 Å². The number of nitrogens with one attached hydrogen (secondary N) is 2. The van der Waals surface area contributed by atoms with E-state index in [1.54, 1.807) is 0 Å². The van der Waals surface area contributed by atoms with E-state index in [0.29, 0.717) is 6.04 Å². The highest BCUT2D eigenvalue weighted by atomic mass is 15.0. The Morgan fingerprint density at radius 2 is 2.45 bits per heavy atom. The van der Waals surface area contributed by atoms with Crippen molar-refractivity contribution in [3.05, 3.63) is 0 Å². The summed E-state index contributed by atoms with van der Waals surface area (Å²) >= 11 is 0. The first kappa shape index (κ1) is 9.01. The third-order valence-electron chi connectivity index (χ3n) is 2.42. The monoisotopic (exact) mass is 156 g/mol. The van der Waals surface area contributed by atoms with Gasteiger partial charge in [0.25, 0.3) is 0 Å². The number of hydrogen-bond acceptors (Lipinski definition) is 2. The first-order valence-electron chi connectivity index (χ1n) is 4.81. The molecule has 2 nitrogen and oxygen atoms in total. The van der Waals surface area contributed by atoms with Crippen molar-refractivity contribution in [2.45, 2.75) is 45.2 Å². The average Bonchev–Trinajstić information content (AvgIpc) is 2.52. The zero-order chi connectivity index (χ0) is 8.10. The van der Waals surface area contributed by atoms with Crippen LogP contribution in [0.3, 0.4) is 0 Å². The maximum absolute atomic E-state index is 3.51. The van der Waals surface area contributed by atoms with Gasteiger partial charge in [-0.3, -0.25) is 0 Å². The lowest BCUT2D eigenvalue weighted by Gasteiger charge is -2.20. The van der Waals surface area contributed by atoms with Crippen LogP contribution in [0.4, 0.5) is 0 Å². The van der Waals surface area contributed by atoms with Gasteiger partial charge in [0, 0.05) is 12.1 Å². The lowest BCUT2D eigenvalue weighted by Crippen LogP contribution is -2.42. The molecule has 0 aromatic carbocycles. The molecule has 11 heavy (non-hydrogen) atoms. The second-order valence-corrected chi connectivity index (χ2v) is 3.45. The molecular formula is C9H20N2. The molecule has 2 heteroatoms. The van der Waals surface area contributed by atoms with Gasteiger partial charge in [0.05, 0.1) is 0 Å². The Morgan fingerprint density at radius 3 is 3.00 bits per heavy atom. The van der Waals surface area contributed by atoms with Crippen molar-refractivity contribution in [3.8, 4) is 0 Å². The Morgan fingerprint density at radius 1 is 1.64 bits per heavy atom. The van der Waals surface area contributed by atoms with E-state index in [-0.39, 0.29) is 0 Å². The molecule has 0 amide bonds. The van der Waals surface area contributed by atoms with Crippen LogP contribution < -0.4 is 10.6 Å². The van der Waals surface area contributed by atoms with E-state index in [1.165, 1.54) is 25.8 Å². The van der Waals surface area contributed by atoms with Crippen molar-refractivity contribution in [3.63, 3.8) is 0 Å². The largest absolute Gasteiger partial charge is 0.313 e. The van der Waals surface area contributed by atoms with Gasteiger partial charge < -0.3 is 10.6 Å². The Labute approximate surface area is 69.8 Å². The molecule has 1 aliphatic rings. The molecule has 1 saturated heterocycles. The molecule has 2 unspecified atom stereocenters. The van der Waals surface area contributed by atoms with Gasteiger partial charge in [-0.2, -0.15) is 0 Å². The van der Waals surface area contributed by atoms with E-state index < -0.39 is 0 Å². The Balaban J connectivity index is 2.12. The molecule has 1 rings (SSSR count). The van der Waals surface area contributed by atoms with Crippen LogP contribution in [0.1, 0.15) is 33.1 Å². The third kappa shape index (κ3) is 2.80. The van der Waals surface area contributed by atoms with Crippen LogP contribution >= 0.6 is 0 Å². The first-order valence-corrected chi connectivity index (χ1v) is 4.81. The molecule has 2 atom stereocenters. The molecule has 0 aromatic heterocycles. The smallest absolute Gasteiger partial charge is 0.0218 e. The normalized spacial score (nSPS) is 27.3. The van der Waals surface area contributed by atoms with Gasteiger partial charge in [0.1, 0.15) is 0 Å². The second kappa shape index (κ2) is 4.73. The molecule has 1 aliphatic heterocycles. The van der Waals surface area contributed by atoms with Gasteiger partial charge in [-0.25, -0.2) is 0 Å². The van der Waals surface area contributed by atoms with E-state index in [0.717, 1.165) is 12.6 Å². The van der Waals surface area contributed by atoms with Crippen molar-refractivity contribution in [2.75, 3.05) is 13.1 Å². The van der Waals surface area contributed by atoms with Gasteiger partial charge in [-0.15, -0.1) is 0 Å². The molecule has 0 saturated carbocycles. The van der Waals surface area contributed by atoms with Crippen LogP contribution in [0.25, 0.3) is 0 Å². The molecule has 2 N–H and O–H groups in total. The predicted molar refractivity (Wildman–Crippen MR) is 48.8 cm³/mol. The lowest BCUT2D eigenvalue weighted by atomic mass is 10.1. The molecular weight excluding hydrogens is 136 g/mol. The summed E-state index contributed by atoms with van der Waals surface area (Å²) in [7, 11) is 0. The highest BCUT2D eigenvalue weighted by molar-refractivity contribution is 4.83. The molecule has 66 valence electrons. The average molecular weight is 156 g/mol. The number of rotatable bonds is 4. The Hall–Kier alpha value is -0.0800. The minimum Gasteiger partial charge on any atom is -0.313 e. The fourth-order valence-electron chi connectivity index (χ4n) is 1.65. The van der Waals surface area contributed by atoms with Gasteiger partial charge >= 0.3 is 0 Å². The molecule has 0 aromatic rings. The summed E-state index contributed by atoms with van der Waals surface area (Å²) in [6.45, 7) is 6.85. The summed E-state index contributed by atoms with van der Waals surface area (Å²) in [4.78, 5) is 0.